The molecule has 0 saturated carbocycles. The van der Waals surface area contributed by atoms with E-state index >= 15 is 0 Å². The van der Waals surface area contributed by atoms with Gasteiger partial charge in [0.15, 0.2) is 0 Å². The number of aromatic carboxylic acids is 1. The normalized spacial score (nSPS) is 12.6. The van der Waals surface area contributed by atoms with E-state index in [0.717, 1.165) is 25.7 Å². The third-order valence-electron chi connectivity index (χ3n) is 2.70. The minimum atomic E-state index is -1.16. The van der Waals surface area contributed by atoms with Crippen LogP contribution in [0.15, 0.2) is 4.52 Å². The number of carboxylic acids is 1. The van der Waals surface area contributed by atoms with Gasteiger partial charge in [0.05, 0.1) is 0 Å². The predicted octanol–water partition coefficient (Wildman–Crippen LogP) is 1.47. The Hall–Kier alpha value is -1.43. The van der Waals surface area contributed by atoms with Crippen molar-refractivity contribution in [2.24, 2.45) is 11.7 Å². The van der Waals surface area contributed by atoms with Gasteiger partial charge in [0.2, 0.25) is 5.89 Å². The van der Waals surface area contributed by atoms with Gasteiger partial charge < -0.3 is 15.4 Å². The fraction of sp³-hybridized carbons (Fsp3) is 0.727. The van der Waals surface area contributed by atoms with E-state index in [1.54, 1.807) is 0 Å². The zero-order chi connectivity index (χ0) is 12.7. The summed E-state index contributed by atoms with van der Waals surface area (Å²) >= 11 is 0. The van der Waals surface area contributed by atoms with E-state index < -0.39 is 5.97 Å². The van der Waals surface area contributed by atoms with Crippen LogP contribution in [0.3, 0.4) is 0 Å². The molecule has 0 saturated heterocycles. The standard InChI is InChI=1S/C11H19N3O3/c1-2-3-8(6-7-12)4-5-9-13-10(11(15)16)14-17-9/h8H,2-7,12H2,1H3,(H,15,16). The van der Waals surface area contributed by atoms with Crippen molar-refractivity contribution in [3.63, 3.8) is 0 Å². The Morgan fingerprint density at radius 1 is 1.47 bits per heavy atom. The highest BCUT2D eigenvalue weighted by molar-refractivity contribution is 5.82. The minimum Gasteiger partial charge on any atom is -0.475 e. The lowest BCUT2D eigenvalue weighted by Crippen LogP contribution is -2.10. The third-order valence-corrected chi connectivity index (χ3v) is 2.70. The summed E-state index contributed by atoms with van der Waals surface area (Å²) in [5.74, 6) is -0.497. The van der Waals surface area contributed by atoms with Crippen molar-refractivity contribution in [1.82, 2.24) is 10.1 Å². The molecule has 0 bridgehead atoms. The van der Waals surface area contributed by atoms with Crippen molar-refractivity contribution in [3.05, 3.63) is 11.7 Å². The molecule has 17 heavy (non-hydrogen) atoms. The SMILES string of the molecule is CCCC(CCN)CCc1nc(C(=O)O)no1. The van der Waals surface area contributed by atoms with E-state index in [-0.39, 0.29) is 5.82 Å². The van der Waals surface area contributed by atoms with Gasteiger partial charge in [-0.15, -0.1) is 0 Å². The van der Waals surface area contributed by atoms with Crippen molar-refractivity contribution < 1.29 is 14.4 Å². The number of hydrogen-bond donors (Lipinski definition) is 2. The van der Waals surface area contributed by atoms with Crippen LogP contribution in [-0.2, 0) is 6.42 Å². The minimum absolute atomic E-state index is 0.272. The molecule has 0 fully saturated rings. The van der Waals surface area contributed by atoms with E-state index in [2.05, 4.69) is 17.1 Å². The molecule has 1 atom stereocenters. The van der Waals surface area contributed by atoms with Crippen LogP contribution >= 0.6 is 0 Å². The van der Waals surface area contributed by atoms with Crippen LogP contribution in [0.5, 0.6) is 0 Å². The number of hydrogen-bond acceptors (Lipinski definition) is 5. The lowest BCUT2D eigenvalue weighted by molar-refractivity contribution is 0.0680. The number of rotatable bonds is 8. The highest BCUT2D eigenvalue weighted by Gasteiger charge is 2.14. The molecule has 3 N–H and O–H groups in total. The average molecular weight is 241 g/mol. The molecule has 6 nitrogen and oxygen atoms in total. The highest BCUT2D eigenvalue weighted by Crippen LogP contribution is 2.17. The van der Waals surface area contributed by atoms with Crippen molar-refractivity contribution in [1.29, 1.82) is 0 Å². The van der Waals surface area contributed by atoms with E-state index in [1.807, 2.05) is 0 Å². The first-order valence-electron chi connectivity index (χ1n) is 5.93. The molecule has 0 amide bonds. The number of carboxylic acid groups (broad SMARTS) is 1. The summed E-state index contributed by atoms with van der Waals surface area (Å²) in [7, 11) is 0. The van der Waals surface area contributed by atoms with Gasteiger partial charge in [0.1, 0.15) is 0 Å². The second-order valence-electron chi connectivity index (χ2n) is 4.09. The van der Waals surface area contributed by atoms with Crippen LogP contribution in [0.2, 0.25) is 0 Å². The lowest BCUT2D eigenvalue weighted by Gasteiger charge is -2.13. The summed E-state index contributed by atoms with van der Waals surface area (Å²) in [4.78, 5) is 14.3. The van der Waals surface area contributed by atoms with Gasteiger partial charge >= 0.3 is 5.97 Å². The molecule has 1 heterocycles. The predicted molar refractivity (Wildman–Crippen MR) is 61.6 cm³/mol. The maximum absolute atomic E-state index is 10.6. The molecule has 1 rings (SSSR count). The molecule has 1 aromatic heterocycles. The van der Waals surface area contributed by atoms with Crippen LogP contribution in [-0.4, -0.2) is 27.8 Å². The molecule has 0 aliphatic heterocycles. The van der Waals surface area contributed by atoms with Gasteiger partial charge in [-0.2, -0.15) is 4.98 Å². The average Bonchev–Trinajstić information content (AvgIpc) is 2.75. The van der Waals surface area contributed by atoms with E-state index in [4.69, 9.17) is 15.4 Å². The summed E-state index contributed by atoms with van der Waals surface area (Å²) in [6, 6.07) is 0. The van der Waals surface area contributed by atoms with Crippen LogP contribution in [0.1, 0.15) is 49.1 Å². The number of nitrogens with zero attached hydrogens (tertiary/aromatic N) is 2. The molecule has 6 heteroatoms. The number of aryl methyl sites for hydroxylation is 1. The van der Waals surface area contributed by atoms with Gasteiger partial charge in [-0.1, -0.05) is 19.8 Å². The van der Waals surface area contributed by atoms with Crippen molar-refractivity contribution in [2.45, 2.75) is 39.0 Å². The number of nitrogens with two attached hydrogens (primary N) is 1. The first-order valence-corrected chi connectivity index (χ1v) is 5.93. The zero-order valence-electron chi connectivity index (χ0n) is 10.1. The molecule has 0 aliphatic rings. The Kier molecular flexibility index (Phi) is 5.62. The number of aromatic nitrogens is 2. The van der Waals surface area contributed by atoms with Crippen molar-refractivity contribution >= 4 is 5.97 Å². The highest BCUT2D eigenvalue weighted by atomic mass is 16.5. The topological polar surface area (TPSA) is 102 Å². The molecule has 1 unspecified atom stereocenters. The van der Waals surface area contributed by atoms with Crippen LogP contribution < -0.4 is 5.73 Å². The van der Waals surface area contributed by atoms with Crippen LogP contribution in [0, 0.1) is 5.92 Å². The van der Waals surface area contributed by atoms with E-state index in [9.17, 15) is 4.79 Å². The fourth-order valence-electron chi connectivity index (χ4n) is 1.85. The summed E-state index contributed by atoms with van der Waals surface area (Å²) < 4.78 is 4.86. The van der Waals surface area contributed by atoms with E-state index in [0.29, 0.717) is 24.8 Å². The molecule has 0 radical (unpaired) electrons. The van der Waals surface area contributed by atoms with Crippen LogP contribution in [0.4, 0.5) is 0 Å². The Bertz CT molecular complexity index is 345. The Labute approximate surface area is 100 Å². The molecule has 0 spiro atoms. The zero-order valence-corrected chi connectivity index (χ0v) is 10.1. The van der Waals surface area contributed by atoms with Gasteiger partial charge in [0, 0.05) is 6.42 Å². The van der Waals surface area contributed by atoms with E-state index in [1.165, 1.54) is 0 Å². The molecule has 96 valence electrons. The van der Waals surface area contributed by atoms with Gasteiger partial charge in [-0.3, -0.25) is 0 Å². The van der Waals surface area contributed by atoms with Crippen molar-refractivity contribution in [3.8, 4) is 0 Å². The maximum Gasteiger partial charge on any atom is 0.377 e. The summed E-state index contributed by atoms with van der Waals surface area (Å²) in [5.41, 5.74) is 5.54. The Morgan fingerprint density at radius 2 is 2.24 bits per heavy atom. The molecular formula is C11H19N3O3. The van der Waals surface area contributed by atoms with Crippen LogP contribution in [0.25, 0.3) is 0 Å². The summed E-state index contributed by atoms with van der Waals surface area (Å²) in [6.45, 7) is 2.81. The molecule has 0 aromatic carbocycles. The smallest absolute Gasteiger partial charge is 0.377 e. The van der Waals surface area contributed by atoms with Gasteiger partial charge in [-0.05, 0) is 30.5 Å². The first kappa shape index (κ1) is 13.6. The Morgan fingerprint density at radius 3 is 2.76 bits per heavy atom. The lowest BCUT2D eigenvalue weighted by atomic mass is 9.94. The Balaban J connectivity index is 2.44. The summed E-state index contributed by atoms with van der Waals surface area (Å²) in [6.07, 6.45) is 4.75. The second kappa shape index (κ2) is 7.01. The monoisotopic (exact) mass is 241 g/mol. The quantitative estimate of drug-likeness (QED) is 0.714. The summed E-state index contributed by atoms with van der Waals surface area (Å²) in [5, 5.41) is 12.0. The number of carbonyl (C=O) groups is 1. The molecule has 1 aromatic rings. The molecular weight excluding hydrogens is 222 g/mol. The molecule has 0 aliphatic carbocycles. The van der Waals surface area contributed by atoms with Crippen molar-refractivity contribution in [2.75, 3.05) is 6.54 Å². The van der Waals surface area contributed by atoms with Gasteiger partial charge in [-0.25, -0.2) is 4.79 Å². The first-order chi connectivity index (χ1) is 8.17. The van der Waals surface area contributed by atoms with Gasteiger partial charge in [0.25, 0.3) is 5.82 Å². The third kappa shape index (κ3) is 4.52. The second-order valence-corrected chi connectivity index (χ2v) is 4.09. The fourth-order valence-corrected chi connectivity index (χ4v) is 1.85. The maximum atomic E-state index is 10.6. The largest absolute Gasteiger partial charge is 0.475 e.